The molecule has 4 rings (SSSR count). The number of benzene rings is 3. The Kier molecular flexibility index (Phi) is 5.95. The molecule has 0 atom stereocenters. The van der Waals surface area contributed by atoms with Gasteiger partial charge in [-0.1, -0.05) is 30.3 Å². The standard InChI is InChI=1S/C24H25N3O3S/c1-26(31(29,30)21-9-3-2-4-10-21)23-12-6-5-11-22(23)24(28)25-19-13-15-20(16-14-19)27-17-7-8-18-27/h2-6,9-16H,7-8,17-18H2,1H3,(H,25,28). The zero-order valence-corrected chi connectivity index (χ0v) is 18.2. The molecule has 3 aromatic rings. The Morgan fingerprint density at radius 3 is 2.16 bits per heavy atom. The van der Waals surface area contributed by atoms with E-state index in [9.17, 15) is 13.2 Å². The summed E-state index contributed by atoms with van der Waals surface area (Å²) in [6, 6.07) is 22.6. The summed E-state index contributed by atoms with van der Waals surface area (Å²) >= 11 is 0. The summed E-state index contributed by atoms with van der Waals surface area (Å²) in [6.07, 6.45) is 2.41. The number of para-hydroxylation sites is 1. The van der Waals surface area contributed by atoms with Crippen LogP contribution in [-0.4, -0.2) is 34.5 Å². The lowest BCUT2D eigenvalue weighted by molar-refractivity contribution is 0.102. The van der Waals surface area contributed by atoms with E-state index in [1.165, 1.54) is 32.0 Å². The van der Waals surface area contributed by atoms with Crippen molar-refractivity contribution in [2.24, 2.45) is 0 Å². The van der Waals surface area contributed by atoms with Crippen molar-refractivity contribution < 1.29 is 13.2 Å². The van der Waals surface area contributed by atoms with Crippen LogP contribution >= 0.6 is 0 Å². The molecule has 0 aromatic heterocycles. The van der Waals surface area contributed by atoms with Gasteiger partial charge in [-0.25, -0.2) is 8.42 Å². The molecule has 160 valence electrons. The molecule has 0 bridgehead atoms. The molecular formula is C24H25N3O3S. The van der Waals surface area contributed by atoms with Crippen molar-refractivity contribution in [3.8, 4) is 0 Å². The summed E-state index contributed by atoms with van der Waals surface area (Å²) in [5.41, 5.74) is 2.41. The second-order valence-corrected chi connectivity index (χ2v) is 9.47. The normalized spacial score (nSPS) is 13.8. The van der Waals surface area contributed by atoms with Crippen LogP contribution in [-0.2, 0) is 10.0 Å². The number of nitrogens with zero attached hydrogens (tertiary/aromatic N) is 2. The van der Waals surface area contributed by atoms with Crippen molar-refractivity contribution in [2.75, 3.05) is 34.7 Å². The molecule has 31 heavy (non-hydrogen) atoms. The number of hydrogen-bond acceptors (Lipinski definition) is 4. The first kappa shape index (κ1) is 20.9. The van der Waals surface area contributed by atoms with Gasteiger partial charge in [0, 0.05) is 31.5 Å². The van der Waals surface area contributed by atoms with E-state index in [1.807, 2.05) is 24.3 Å². The minimum absolute atomic E-state index is 0.171. The van der Waals surface area contributed by atoms with Crippen LogP contribution in [0, 0.1) is 0 Å². The zero-order valence-electron chi connectivity index (χ0n) is 17.4. The summed E-state index contributed by atoms with van der Waals surface area (Å²) in [4.78, 5) is 15.5. The average Bonchev–Trinajstić information content (AvgIpc) is 3.34. The van der Waals surface area contributed by atoms with Gasteiger partial charge in [-0.05, 0) is 61.4 Å². The summed E-state index contributed by atoms with van der Waals surface area (Å²) < 4.78 is 27.2. The van der Waals surface area contributed by atoms with Crippen LogP contribution in [0.1, 0.15) is 23.2 Å². The second kappa shape index (κ2) is 8.81. The molecule has 0 spiro atoms. The zero-order chi connectivity index (χ0) is 21.8. The van der Waals surface area contributed by atoms with Gasteiger partial charge in [-0.2, -0.15) is 0 Å². The number of rotatable bonds is 6. The third-order valence-electron chi connectivity index (χ3n) is 5.49. The Morgan fingerprint density at radius 2 is 1.48 bits per heavy atom. The Morgan fingerprint density at radius 1 is 0.871 bits per heavy atom. The van der Waals surface area contributed by atoms with Gasteiger partial charge in [-0.3, -0.25) is 9.10 Å². The average molecular weight is 436 g/mol. The first-order valence-corrected chi connectivity index (χ1v) is 11.7. The molecule has 7 heteroatoms. The van der Waals surface area contributed by atoms with E-state index in [-0.39, 0.29) is 16.4 Å². The molecule has 1 aliphatic heterocycles. The fourth-order valence-electron chi connectivity index (χ4n) is 3.75. The molecular weight excluding hydrogens is 410 g/mol. The van der Waals surface area contributed by atoms with E-state index >= 15 is 0 Å². The van der Waals surface area contributed by atoms with E-state index in [0.717, 1.165) is 23.1 Å². The molecule has 1 fully saturated rings. The first-order valence-electron chi connectivity index (χ1n) is 10.3. The van der Waals surface area contributed by atoms with E-state index in [0.29, 0.717) is 11.4 Å². The third kappa shape index (κ3) is 4.41. The number of carbonyl (C=O) groups excluding carboxylic acids is 1. The topological polar surface area (TPSA) is 69.7 Å². The first-order chi connectivity index (χ1) is 15.0. The maximum Gasteiger partial charge on any atom is 0.264 e. The van der Waals surface area contributed by atoms with Gasteiger partial charge in [0.1, 0.15) is 0 Å². The van der Waals surface area contributed by atoms with Crippen LogP contribution in [0.2, 0.25) is 0 Å². The van der Waals surface area contributed by atoms with Gasteiger partial charge >= 0.3 is 0 Å². The number of amides is 1. The summed E-state index contributed by atoms with van der Waals surface area (Å²) in [7, 11) is -2.33. The molecule has 1 amide bonds. The van der Waals surface area contributed by atoms with E-state index in [2.05, 4.69) is 10.2 Å². The second-order valence-electron chi connectivity index (χ2n) is 7.50. The van der Waals surface area contributed by atoms with Gasteiger partial charge in [0.2, 0.25) is 0 Å². The van der Waals surface area contributed by atoms with Gasteiger partial charge in [0.25, 0.3) is 15.9 Å². The van der Waals surface area contributed by atoms with E-state index in [1.54, 1.807) is 42.5 Å². The van der Waals surface area contributed by atoms with Crippen molar-refractivity contribution in [3.05, 3.63) is 84.4 Å². The van der Waals surface area contributed by atoms with Crippen LogP contribution in [0.3, 0.4) is 0 Å². The lowest BCUT2D eigenvalue weighted by Gasteiger charge is -2.22. The van der Waals surface area contributed by atoms with E-state index in [4.69, 9.17) is 0 Å². The lowest BCUT2D eigenvalue weighted by Crippen LogP contribution is -2.29. The SMILES string of the molecule is CN(c1ccccc1C(=O)Nc1ccc(N2CCCC2)cc1)S(=O)(=O)c1ccccc1. The number of carbonyl (C=O) groups is 1. The van der Waals surface area contributed by atoms with Gasteiger partial charge in [0.15, 0.2) is 0 Å². The molecule has 0 saturated carbocycles. The number of hydrogen-bond donors (Lipinski definition) is 1. The predicted octanol–water partition coefficient (Wildman–Crippen LogP) is 4.36. The Balaban J connectivity index is 1.56. The van der Waals surface area contributed by atoms with Crippen molar-refractivity contribution in [1.29, 1.82) is 0 Å². The van der Waals surface area contributed by atoms with Crippen molar-refractivity contribution in [2.45, 2.75) is 17.7 Å². The monoisotopic (exact) mass is 435 g/mol. The fraction of sp³-hybridized carbons (Fsp3) is 0.208. The Hall–Kier alpha value is -3.32. The fourth-order valence-corrected chi connectivity index (χ4v) is 4.99. The predicted molar refractivity (Wildman–Crippen MR) is 124 cm³/mol. The van der Waals surface area contributed by atoms with E-state index < -0.39 is 10.0 Å². The van der Waals surface area contributed by atoms with Gasteiger partial charge in [-0.15, -0.1) is 0 Å². The Bertz CT molecular complexity index is 1160. The van der Waals surface area contributed by atoms with Crippen LogP contribution < -0.4 is 14.5 Å². The smallest absolute Gasteiger partial charge is 0.264 e. The van der Waals surface area contributed by atoms with Crippen molar-refractivity contribution in [1.82, 2.24) is 0 Å². The van der Waals surface area contributed by atoms with Crippen molar-refractivity contribution in [3.63, 3.8) is 0 Å². The largest absolute Gasteiger partial charge is 0.372 e. The quantitative estimate of drug-likeness (QED) is 0.624. The minimum atomic E-state index is -3.79. The maximum absolute atomic E-state index is 13.0. The number of nitrogens with one attached hydrogen (secondary N) is 1. The maximum atomic E-state index is 13.0. The third-order valence-corrected chi connectivity index (χ3v) is 7.27. The van der Waals surface area contributed by atoms with Crippen LogP contribution in [0.15, 0.2) is 83.8 Å². The van der Waals surface area contributed by atoms with Crippen LogP contribution in [0.5, 0.6) is 0 Å². The summed E-state index contributed by atoms with van der Waals surface area (Å²) in [6.45, 7) is 2.11. The highest BCUT2D eigenvalue weighted by molar-refractivity contribution is 7.92. The Labute approximate surface area is 183 Å². The highest BCUT2D eigenvalue weighted by atomic mass is 32.2. The number of anilines is 3. The molecule has 1 aliphatic rings. The lowest BCUT2D eigenvalue weighted by atomic mass is 10.1. The number of sulfonamides is 1. The highest BCUT2D eigenvalue weighted by Crippen LogP contribution is 2.27. The molecule has 0 aliphatic carbocycles. The molecule has 6 nitrogen and oxygen atoms in total. The summed E-state index contributed by atoms with van der Waals surface area (Å²) in [5, 5.41) is 2.88. The van der Waals surface area contributed by atoms with Crippen molar-refractivity contribution >= 4 is 33.0 Å². The highest BCUT2D eigenvalue weighted by Gasteiger charge is 2.25. The summed E-state index contributed by atoms with van der Waals surface area (Å²) in [5.74, 6) is -0.361. The van der Waals surface area contributed by atoms with Gasteiger partial charge in [0.05, 0.1) is 16.1 Å². The van der Waals surface area contributed by atoms with Gasteiger partial charge < -0.3 is 10.2 Å². The molecule has 1 saturated heterocycles. The molecule has 0 unspecified atom stereocenters. The van der Waals surface area contributed by atoms with Crippen LogP contribution in [0.4, 0.5) is 17.1 Å². The minimum Gasteiger partial charge on any atom is -0.372 e. The molecule has 3 aromatic carbocycles. The molecule has 1 N–H and O–H groups in total. The molecule has 1 heterocycles. The van der Waals surface area contributed by atoms with Crippen LogP contribution in [0.25, 0.3) is 0 Å². The molecule has 0 radical (unpaired) electrons.